The van der Waals surface area contributed by atoms with Crippen LogP contribution in [0.5, 0.6) is 0 Å². The largest absolute Gasteiger partial charge is 0.287 e. The van der Waals surface area contributed by atoms with Gasteiger partial charge in [0.2, 0.25) is 0 Å². The van der Waals surface area contributed by atoms with E-state index in [-0.39, 0.29) is 0 Å². The Kier molecular flexibility index (Phi) is 3.26. The molecular weight excluding hydrogens is 316 g/mol. The summed E-state index contributed by atoms with van der Waals surface area (Å²) < 4.78 is 2.13. The second-order valence-electron chi connectivity index (χ2n) is 6.88. The molecule has 1 aromatic heterocycles. The first-order valence-corrected chi connectivity index (χ1v) is 8.88. The highest BCUT2D eigenvalue weighted by atomic mass is 15.0. The number of rotatable bonds is 1. The molecule has 0 aliphatic carbocycles. The minimum atomic E-state index is 1.03. The maximum atomic E-state index is 4.67. The topological polar surface area (TPSA) is 16.8 Å². The number of nitrogens with zero attached hydrogens (tertiary/aromatic N) is 2. The third kappa shape index (κ3) is 2.19. The molecule has 5 aromatic rings. The van der Waals surface area contributed by atoms with E-state index in [1.165, 1.54) is 43.8 Å². The van der Waals surface area contributed by atoms with E-state index in [0.29, 0.717) is 0 Å². The molecule has 0 saturated carbocycles. The van der Waals surface area contributed by atoms with Crippen molar-refractivity contribution in [2.24, 2.45) is 7.05 Å². The van der Waals surface area contributed by atoms with Crippen LogP contribution in [0.2, 0.25) is 0 Å². The molecule has 0 spiro atoms. The number of benzene rings is 4. The second-order valence-corrected chi connectivity index (χ2v) is 6.88. The maximum Gasteiger partial charge on any atom is 0.287 e. The summed E-state index contributed by atoms with van der Waals surface area (Å²) in [7, 11) is 2.07. The van der Waals surface area contributed by atoms with Gasteiger partial charge in [0, 0.05) is 5.56 Å². The van der Waals surface area contributed by atoms with Crippen molar-refractivity contribution >= 4 is 32.4 Å². The lowest BCUT2D eigenvalue weighted by atomic mass is 9.95. The Bertz CT molecular complexity index is 1300. The van der Waals surface area contributed by atoms with Gasteiger partial charge in [-0.05, 0) is 57.2 Å². The van der Waals surface area contributed by atoms with E-state index in [9.17, 15) is 0 Å². The van der Waals surface area contributed by atoms with E-state index in [1.807, 2.05) is 6.33 Å². The third-order valence-electron chi connectivity index (χ3n) is 5.30. The van der Waals surface area contributed by atoms with Crippen molar-refractivity contribution < 1.29 is 4.57 Å². The van der Waals surface area contributed by atoms with Crippen LogP contribution in [0.15, 0.2) is 79.1 Å². The van der Waals surface area contributed by atoms with Crippen molar-refractivity contribution in [3.05, 3.63) is 84.7 Å². The number of fused-ring (bicyclic) bond motifs is 3. The van der Waals surface area contributed by atoms with Gasteiger partial charge in [-0.2, -0.15) is 0 Å². The molecule has 0 saturated heterocycles. The summed E-state index contributed by atoms with van der Waals surface area (Å²) >= 11 is 0. The molecule has 0 N–H and O–H groups in total. The molecule has 0 aliphatic rings. The Morgan fingerprint density at radius 2 is 1.42 bits per heavy atom. The Labute approximate surface area is 152 Å². The molecule has 4 aromatic carbocycles. The normalized spacial score (nSPS) is 11.5. The number of aromatic nitrogens is 2. The summed E-state index contributed by atoms with van der Waals surface area (Å²) in [6.07, 6.45) is 1.92. The van der Waals surface area contributed by atoms with E-state index >= 15 is 0 Å². The summed E-state index contributed by atoms with van der Waals surface area (Å²) in [6.45, 7) is 2.21. The molecule has 26 heavy (non-hydrogen) atoms. The zero-order valence-electron chi connectivity index (χ0n) is 14.9. The van der Waals surface area contributed by atoms with Crippen molar-refractivity contribution in [3.63, 3.8) is 0 Å². The molecule has 0 bridgehead atoms. The van der Waals surface area contributed by atoms with Crippen LogP contribution in [0.3, 0.4) is 0 Å². The van der Waals surface area contributed by atoms with Gasteiger partial charge in [0.05, 0.1) is 12.4 Å². The molecule has 2 nitrogen and oxygen atoms in total. The lowest BCUT2D eigenvalue weighted by Crippen LogP contribution is -2.31. The lowest BCUT2D eigenvalue weighted by molar-refractivity contribution is -0.662. The summed E-state index contributed by atoms with van der Waals surface area (Å²) in [6, 6.07) is 25.9. The van der Waals surface area contributed by atoms with Crippen LogP contribution in [-0.2, 0) is 7.05 Å². The highest BCUT2D eigenvalue weighted by Crippen LogP contribution is 2.33. The molecule has 1 heterocycles. The minimum Gasteiger partial charge on any atom is -0.232 e. The average Bonchev–Trinajstić information content (AvgIpc) is 2.68. The summed E-state index contributed by atoms with van der Waals surface area (Å²) in [4.78, 5) is 4.67. The predicted molar refractivity (Wildman–Crippen MR) is 108 cm³/mol. The van der Waals surface area contributed by atoms with Gasteiger partial charge >= 0.3 is 0 Å². The molecule has 0 amide bonds. The van der Waals surface area contributed by atoms with Gasteiger partial charge in [0.25, 0.3) is 6.33 Å². The highest BCUT2D eigenvalue weighted by Gasteiger charge is 2.18. The van der Waals surface area contributed by atoms with Gasteiger partial charge < -0.3 is 0 Å². The van der Waals surface area contributed by atoms with Crippen LogP contribution >= 0.6 is 0 Å². The lowest BCUT2D eigenvalue weighted by Gasteiger charge is -2.12. The standard InChI is InChI=1S/C24H19N2/c1-16-20-10-6-5-7-17(20)11-12-21(16)24-22-13-18-8-3-4-9-19(18)14-23(22)25-15-26(24)2/h3-15H,1-2H3/q+1. The smallest absolute Gasteiger partial charge is 0.232 e. The molecule has 0 radical (unpaired) electrons. The highest BCUT2D eigenvalue weighted by molar-refractivity contribution is 6.03. The number of hydrogen-bond acceptors (Lipinski definition) is 1. The van der Waals surface area contributed by atoms with Crippen molar-refractivity contribution in [2.75, 3.05) is 0 Å². The molecule has 0 atom stereocenters. The Balaban J connectivity index is 1.90. The molecular formula is C24H19N2+. The fourth-order valence-electron chi connectivity index (χ4n) is 3.94. The molecule has 0 unspecified atom stereocenters. The summed E-state index contributed by atoms with van der Waals surface area (Å²) in [5.41, 5.74) is 4.81. The van der Waals surface area contributed by atoms with Crippen LogP contribution in [0, 0.1) is 6.92 Å². The van der Waals surface area contributed by atoms with Crippen LogP contribution in [0.4, 0.5) is 0 Å². The van der Waals surface area contributed by atoms with E-state index in [2.05, 4.69) is 96.3 Å². The van der Waals surface area contributed by atoms with E-state index < -0.39 is 0 Å². The average molecular weight is 335 g/mol. The monoisotopic (exact) mass is 335 g/mol. The van der Waals surface area contributed by atoms with Crippen LogP contribution < -0.4 is 4.57 Å². The van der Waals surface area contributed by atoms with Gasteiger partial charge in [0.15, 0.2) is 5.52 Å². The first-order chi connectivity index (χ1) is 12.7. The van der Waals surface area contributed by atoms with Gasteiger partial charge in [0.1, 0.15) is 5.69 Å². The van der Waals surface area contributed by atoms with Gasteiger partial charge in [-0.15, -0.1) is 0 Å². The first kappa shape index (κ1) is 15.0. The summed E-state index contributed by atoms with van der Waals surface area (Å²) in [5.74, 6) is 0. The SMILES string of the molecule is Cc1c(-c2c3cc4ccccc4cc3nc[n+]2C)ccc2ccccc12. The van der Waals surface area contributed by atoms with Gasteiger partial charge in [-0.1, -0.05) is 54.6 Å². The fourth-order valence-corrected chi connectivity index (χ4v) is 3.94. The number of hydrogen-bond donors (Lipinski definition) is 0. The molecule has 5 rings (SSSR count). The van der Waals surface area contributed by atoms with E-state index in [0.717, 1.165) is 5.52 Å². The van der Waals surface area contributed by atoms with Crippen LogP contribution in [-0.4, -0.2) is 4.98 Å². The predicted octanol–water partition coefficient (Wildman–Crippen LogP) is 5.34. The molecule has 0 fully saturated rings. The van der Waals surface area contributed by atoms with Gasteiger partial charge in [-0.3, -0.25) is 0 Å². The van der Waals surface area contributed by atoms with Crippen molar-refractivity contribution in [1.29, 1.82) is 0 Å². The van der Waals surface area contributed by atoms with E-state index in [4.69, 9.17) is 0 Å². The van der Waals surface area contributed by atoms with Crippen LogP contribution in [0.1, 0.15) is 5.56 Å². The van der Waals surface area contributed by atoms with E-state index in [1.54, 1.807) is 0 Å². The summed E-state index contributed by atoms with van der Waals surface area (Å²) in [5, 5.41) is 6.23. The Morgan fingerprint density at radius 3 is 2.23 bits per heavy atom. The third-order valence-corrected chi connectivity index (χ3v) is 5.30. The Hall–Kier alpha value is -3.26. The zero-order valence-corrected chi connectivity index (χ0v) is 14.9. The zero-order chi connectivity index (χ0) is 17.7. The minimum absolute atomic E-state index is 1.03. The molecule has 2 heteroatoms. The van der Waals surface area contributed by atoms with Crippen molar-refractivity contribution in [1.82, 2.24) is 4.98 Å². The van der Waals surface area contributed by atoms with Gasteiger partial charge in [-0.25, -0.2) is 4.57 Å². The first-order valence-electron chi connectivity index (χ1n) is 8.88. The second kappa shape index (κ2) is 5.63. The number of aryl methyl sites for hydroxylation is 2. The molecule has 124 valence electrons. The maximum absolute atomic E-state index is 4.67. The van der Waals surface area contributed by atoms with Crippen molar-refractivity contribution in [2.45, 2.75) is 6.92 Å². The fraction of sp³-hybridized carbons (Fsp3) is 0.0833. The Morgan fingerprint density at radius 1 is 0.731 bits per heavy atom. The quantitative estimate of drug-likeness (QED) is 0.298. The van der Waals surface area contributed by atoms with Crippen molar-refractivity contribution in [3.8, 4) is 11.3 Å². The molecule has 0 aliphatic heterocycles. The van der Waals surface area contributed by atoms with Crippen LogP contribution in [0.25, 0.3) is 43.7 Å².